The van der Waals surface area contributed by atoms with E-state index in [1.165, 1.54) is 24.3 Å². The van der Waals surface area contributed by atoms with Crippen LogP contribution in [0, 0.1) is 16.0 Å². The number of carbonyl (C=O) groups is 2. The first kappa shape index (κ1) is 22.0. The van der Waals surface area contributed by atoms with Crippen LogP contribution in [0.3, 0.4) is 0 Å². The SMILES string of the molecule is O=C(Nc1ccccc1)[C@@H](C1CCCC1)N1CCN(C(=O)c2ccc([N+](=O)[O-])cc2)CC1. The van der Waals surface area contributed by atoms with Crippen LogP contribution in [-0.2, 0) is 4.79 Å². The number of nitrogens with zero attached hydrogens (tertiary/aromatic N) is 3. The third-order valence-electron chi connectivity index (χ3n) is 6.48. The van der Waals surface area contributed by atoms with E-state index in [1.807, 2.05) is 30.3 Å². The van der Waals surface area contributed by atoms with Gasteiger partial charge in [-0.3, -0.25) is 24.6 Å². The van der Waals surface area contributed by atoms with Crippen molar-refractivity contribution in [3.8, 4) is 0 Å². The van der Waals surface area contributed by atoms with Crippen molar-refractivity contribution in [2.75, 3.05) is 31.5 Å². The summed E-state index contributed by atoms with van der Waals surface area (Å²) >= 11 is 0. The summed E-state index contributed by atoms with van der Waals surface area (Å²) in [5.74, 6) is 0.222. The van der Waals surface area contributed by atoms with Crippen molar-refractivity contribution in [2.24, 2.45) is 5.92 Å². The van der Waals surface area contributed by atoms with Gasteiger partial charge in [0.2, 0.25) is 5.91 Å². The van der Waals surface area contributed by atoms with Gasteiger partial charge < -0.3 is 10.2 Å². The Bertz CT molecular complexity index is 950. The number of non-ortho nitro benzene ring substituents is 1. The molecule has 1 atom stereocenters. The number of rotatable bonds is 6. The molecule has 1 heterocycles. The maximum atomic E-state index is 13.2. The van der Waals surface area contributed by atoms with Crippen molar-refractivity contribution in [2.45, 2.75) is 31.7 Å². The van der Waals surface area contributed by atoms with E-state index in [9.17, 15) is 19.7 Å². The van der Waals surface area contributed by atoms with Crippen LogP contribution < -0.4 is 5.32 Å². The first-order valence-electron chi connectivity index (χ1n) is 11.2. The molecule has 0 bridgehead atoms. The molecule has 1 aliphatic carbocycles. The molecule has 1 aliphatic heterocycles. The summed E-state index contributed by atoms with van der Waals surface area (Å²) in [7, 11) is 0. The molecule has 0 radical (unpaired) electrons. The average Bonchev–Trinajstić information content (AvgIpc) is 3.34. The topological polar surface area (TPSA) is 95.8 Å². The van der Waals surface area contributed by atoms with Crippen LogP contribution in [0.2, 0.25) is 0 Å². The van der Waals surface area contributed by atoms with Gasteiger partial charge in [-0.05, 0) is 43.0 Å². The zero-order valence-corrected chi connectivity index (χ0v) is 18.0. The number of nitro benzene ring substituents is 1. The summed E-state index contributed by atoms with van der Waals surface area (Å²) < 4.78 is 0. The summed E-state index contributed by atoms with van der Waals surface area (Å²) in [5.41, 5.74) is 1.21. The van der Waals surface area contributed by atoms with Crippen LogP contribution in [0.25, 0.3) is 0 Å². The predicted molar refractivity (Wildman–Crippen MR) is 121 cm³/mol. The van der Waals surface area contributed by atoms with Gasteiger partial charge in [0.1, 0.15) is 0 Å². The van der Waals surface area contributed by atoms with E-state index < -0.39 is 4.92 Å². The zero-order valence-electron chi connectivity index (χ0n) is 18.0. The second kappa shape index (κ2) is 9.91. The molecule has 0 unspecified atom stereocenters. The molecule has 1 saturated heterocycles. The van der Waals surface area contributed by atoms with Crippen molar-refractivity contribution >= 4 is 23.2 Å². The zero-order chi connectivity index (χ0) is 22.5. The molecule has 8 nitrogen and oxygen atoms in total. The highest BCUT2D eigenvalue weighted by atomic mass is 16.6. The Balaban J connectivity index is 1.41. The second-order valence-corrected chi connectivity index (χ2v) is 8.48. The number of carbonyl (C=O) groups excluding carboxylic acids is 2. The highest BCUT2D eigenvalue weighted by Crippen LogP contribution is 2.32. The molecule has 4 rings (SSSR count). The minimum Gasteiger partial charge on any atom is -0.336 e. The Labute approximate surface area is 187 Å². The molecule has 2 amide bonds. The van der Waals surface area contributed by atoms with Gasteiger partial charge in [0.05, 0.1) is 11.0 Å². The predicted octanol–water partition coefficient (Wildman–Crippen LogP) is 3.55. The summed E-state index contributed by atoms with van der Waals surface area (Å²) in [5, 5.41) is 13.9. The molecule has 1 N–H and O–H groups in total. The van der Waals surface area contributed by atoms with Gasteiger partial charge in [-0.15, -0.1) is 0 Å². The molecule has 2 aromatic carbocycles. The molecule has 2 aromatic rings. The van der Waals surface area contributed by atoms with E-state index in [0.717, 1.165) is 31.4 Å². The third kappa shape index (κ3) is 4.96. The quantitative estimate of drug-likeness (QED) is 0.552. The number of anilines is 1. The van der Waals surface area contributed by atoms with E-state index in [1.54, 1.807) is 4.90 Å². The van der Waals surface area contributed by atoms with E-state index in [0.29, 0.717) is 37.7 Å². The third-order valence-corrected chi connectivity index (χ3v) is 6.48. The van der Waals surface area contributed by atoms with Crippen molar-refractivity contribution in [3.63, 3.8) is 0 Å². The molecular weight excluding hydrogens is 408 g/mol. The summed E-state index contributed by atoms with van der Waals surface area (Å²) in [6.45, 7) is 2.31. The van der Waals surface area contributed by atoms with Gasteiger partial charge in [-0.2, -0.15) is 0 Å². The first-order valence-corrected chi connectivity index (χ1v) is 11.2. The standard InChI is InChI=1S/C24H28N4O4/c29-23(25-20-8-2-1-3-9-20)22(18-6-4-5-7-18)26-14-16-27(17-15-26)24(30)19-10-12-21(13-11-19)28(31)32/h1-3,8-13,18,22H,4-7,14-17H2,(H,25,29)/t22-/m1/s1. The first-order chi connectivity index (χ1) is 15.5. The number of piperazine rings is 1. The van der Waals surface area contributed by atoms with Crippen LogP contribution in [0.15, 0.2) is 54.6 Å². The lowest BCUT2D eigenvalue weighted by atomic mass is 9.94. The monoisotopic (exact) mass is 436 g/mol. The fourth-order valence-electron chi connectivity index (χ4n) is 4.80. The lowest BCUT2D eigenvalue weighted by molar-refractivity contribution is -0.384. The minimum atomic E-state index is -0.476. The number of hydrogen-bond donors (Lipinski definition) is 1. The number of amides is 2. The highest BCUT2D eigenvalue weighted by molar-refractivity contribution is 5.95. The Kier molecular flexibility index (Phi) is 6.80. The van der Waals surface area contributed by atoms with E-state index >= 15 is 0 Å². The van der Waals surface area contributed by atoms with Crippen molar-refractivity contribution in [1.29, 1.82) is 0 Å². The largest absolute Gasteiger partial charge is 0.336 e. The molecule has 0 aromatic heterocycles. The maximum Gasteiger partial charge on any atom is 0.269 e. The normalized spacial score (nSPS) is 18.3. The van der Waals surface area contributed by atoms with E-state index in [-0.39, 0.29) is 23.5 Å². The number of para-hydroxylation sites is 1. The van der Waals surface area contributed by atoms with Gasteiger partial charge in [0.25, 0.3) is 11.6 Å². The molecule has 0 spiro atoms. The van der Waals surface area contributed by atoms with Crippen LogP contribution in [0.4, 0.5) is 11.4 Å². The van der Waals surface area contributed by atoms with Crippen LogP contribution in [-0.4, -0.2) is 58.8 Å². The fourth-order valence-corrected chi connectivity index (χ4v) is 4.80. The Morgan fingerprint density at radius 2 is 1.56 bits per heavy atom. The fraction of sp³-hybridized carbons (Fsp3) is 0.417. The minimum absolute atomic E-state index is 0.0262. The lowest BCUT2D eigenvalue weighted by Gasteiger charge is -2.40. The second-order valence-electron chi connectivity index (χ2n) is 8.48. The Morgan fingerprint density at radius 1 is 0.938 bits per heavy atom. The lowest BCUT2D eigenvalue weighted by Crippen LogP contribution is -2.56. The van der Waals surface area contributed by atoms with Crippen LogP contribution >= 0.6 is 0 Å². The molecule has 2 aliphatic rings. The Morgan fingerprint density at radius 3 is 2.16 bits per heavy atom. The molecule has 1 saturated carbocycles. The smallest absolute Gasteiger partial charge is 0.269 e. The molecule has 32 heavy (non-hydrogen) atoms. The van der Waals surface area contributed by atoms with Crippen molar-refractivity contribution in [3.05, 3.63) is 70.3 Å². The number of benzene rings is 2. The maximum absolute atomic E-state index is 13.2. The van der Waals surface area contributed by atoms with Gasteiger partial charge in [0.15, 0.2) is 0 Å². The number of nitrogens with one attached hydrogen (secondary N) is 1. The van der Waals surface area contributed by atoms with E-state index in [2.05, 4.69) is 10.2 Å². The van der Waals surface area contributed by atoms with Crippen LogP contribution in [0.1, 0.15) is 36.0 Å². The number of nitro groups is 1. The van der Waals surface area contributed by atoms with Gasteiger partial charge in [0, 0.05) is 49.6 Å². The molecule has 168 valence electrons. The van der Waals surface area contributed by atoms with Gasteiger partial charge in [-0.25, -0.2) is 0 Å². The highest BCUT2D eigenvalue weighted by Gasteiger charge is 2.37. The van der Waals surface area contributed by atoms with Crippen molar-refractivity contribution < 1.29 is 14.5 Å². The van der Waals surface area contributed by atoms with Gasteiger partial charge in [-0.1, -0.05) is 31.0 Å². The molecule has 2 fully saturated rings. The van der Waals surface area contributed by atoms with Crippen LogP contribution in [0.5, 0.6) is 0 Å². The summed E-state index contributed by atoms with van der Waals surface area (Å²) in [6, 6.07) is 15.0. The van der Waals surface area contributed by atoms with E-state index in [4.69, 9.17) is 0 Å². The molecule has 8 heteroatoms. The summed E-state index contributed by atoms with van der Waals surface area (Å²) in [6.07, 6.45) is 4.40. The summed E-state index contributed by atoms with van der Waals surface area (Å²) in [4.78, 5) is 40.4. The number of hydrogen-bond acceptors (Lipinski definition) is 5. The van der Waals surface area contributed by atoms with Crippen molar-refractivity contribution in [1.82, 2.24) is 9.80 Å². The van der Waals surface area contributed by atoms with Gasteiger partial charge >= 0.3 is 0 Å². The average molecular weight is 437 g/mol. The Hall–Kier alpha value is -3.26. The molecular formula is C24H28N4O4.